The summed E-state index contributed by atoms with van der Waals surface area (Å²) >= 11 is 1.46. The number of rotatable bonds is 6. The van der Waals surface area contributed by atoms with Crippen molar-refractivity contribution >= 4 is 23.4 Å². The number of benzene rings is 1. The monoisotopic (exact) mass is 280 g/mol. The summed E-state index contributed by atoms with van der Waals surface area (Å²) in [6, 6.07) is 7.95. The maximum Gasteiger partial charge on any atom is 0.227 e. The third-order valence-corrected chi connectivity index (χ3v) is 4.19. The van der Waals surface area contributed by atoms with Crippen LogP contribution in [0.15, 0.2) is 29.2 Å². The van der Waals surface area contributed by atoms with E-state index < -0.39 is 0 Å². The first kappa shape index (κ1) is 14.2. The average Bonchev–Trinajstić information content (AvgIpc) is 2.80. The Balaban J connectivity index is 1.90. The van der Waals surface area contributed by atoms with Gasteiger partial charge in [-0.3, -0.25) is 4.79 Å². The van der Waals surface area contributed by atoms with Crippen molar-refractivity contribution in [2.24, 2.45) is 5.73 Å². The molecule has 0 spiro atoms. The molecule has 0 radical (unpaired) electrons. The van der Waals surface area contributed by atoms with Crippen LogP contribution >= 0.6 is 11.8 Å². The zero-order valence-corrected chi connectivity index (χ0v) is 11.9. The molecule has 1 aliphatic rings. The van der Waals surface area contributed by atoms with E-state index in [-0.39, 0.29) is 12.0 Å². The van der Waals surface area contributed by atoms with Gasteiger partial charge >= 0.3 is 0 Å². The molecule has 1 aromatic carbocycles. The molecule has 0 aliphatic carbocycles. The standard InChI is InChI=1S/C14H20N2O2S/c1-10-6-7-11(18-10)8-16-12-4-2-3-5-13(12)19-9-14(15)17/h2-5,10-11,16H,6-9H2,1H3,(H2,15,17). The van der Waals surface area contributed by atoms with E-state index in [1.54, 1.807) is 0 Å². The summed E-state index contributed by atoms with van der Waals surface area (Å²) in [6.45, 7) is 2.91. The number of anilines is 1. The van der Waals surface area contributed by atoms with Gasteiger partial charge in [0.05, 0.1) is 18.0 Å². The second-order valence-electron chi connectivity index (χ2n) is 4.78. The summed E-state index contributed by atoms with van der Waals surface area (Å²) < 4.78 is 5.78. The number of ether oxygens (including phenoxy) is 1. The minimum absolute atomic E-state index is 0.282. The van der Waals surface area contributed by atoms with Gasteiger partial charge in [-0.05, 0) is 31.9 Å². The van der Waals surface area contributed by atoms with Crippen LogP contribution in [0.4, 0.5) is 5.69 Å². The van der Waals surface area contributed by atoms with E-state index in [2.05, 4.69) is 12.2 Å². The van der Waals surface area contributed by atoms with Crippen LogP contribution in [0.5, 0.6) is 0 Å². The number of para-hydroxylation sites is 1. The number of carbonyl (C=O) groups excluding carboxylic acids is 1. The van der Waals surface area contributed by atoms with E-state index >= 15 is 0 Å². The van der Waals surface area contributed by atoms with Gasteiger partial charge in [0.15, 0.2) is 0 Å². The number of hydrogen-bond donors (Lipinski definition) is 2. The van der Waals surface area contributed by atoms with Crippen LogP contribution in [0.25, 0.3) is 0 Å². The Hall–Kier alpha value is -1.20. The van der Waals surface area contributed by atoms with Gasteiger partial charge in [-0.25, -0.2) is 0 Å². The second kappa shape index (κ2) is 6.82. The Morgan fingerprint density at radius 3 is 2.95 bits per heavy atom. The summed E-state index contributed by atoms with van der Waals surface area (Å²) in [5.41, 5.74) is 6.22. The lowest BCUT2D eigenvalue weighted by atomic mass is 10.2. The molecule has 2 atom stereocenters. The highest BCUT2D eigenvalue weighted by molar-refractivity contribution is 8.00. The van der Waals surface area contributed by atoms with Gasteiger partial charge < -0.3 is 15.8 Å². The van der Waals surface area contributed by atoms with Gasteiger partial charge in [-0.15, -0.1) is 11.8 Å². The molecule has 1 aliphatic heterocycles. The minimum Gasteiger partial charge on any atom is -0.382 e. The number of thioether (sulfide) groups is 1. The van der Waals surface area contributed by atoms with Crippen molar-refractivity contribution in [1.82, 2.24) is 0 Å². The van der Waals surface area contributed by atoms with Crippen LogP contribution in [0.1, 0.15) is 19.8 Å². The second-order valence-corrected chi connectivity index (χ2v) is 5.80. The highest BCUT2D eigenvalue weighted by Crippen LogP contribution is 2.27. The Morgan fingerprint density at radius 2 is 2.26 bits per heavy atom. The Kier molecular flexibility index (Phi) is 5.10. The maximum absolute atomic E-state index is 10.8. The Morgan fingerprint density at radius 1 is 1.47 bits per heavy atom. The van der Waals surface area contributed by atoms with Crippen molar-refractivity contribution < 1.29 is 9.53 Å². The molecule has 1 fully saturated rings. The van der Waals surface area contributed by atoms with Gasteiger partial charge in [0.25, 0.3) is 0 Å². The van der Waals surface area contributed by atoms with Crippen molar-refractivity contribution in [2.45, 2.75) is 36.9 Å². The number of hydrogen-bond acceptors (Lipinski definition) is 4. The largest absolute Gasteiger partial charge is 0.382 e. The van der Waals surface area contributed by atoms with Gasteiger partial charge in [0.2, 0.25) is 5.91 Å². The summed E-state index contributed by atoms with van der Waals surface area (Å²) in [6.07, 6.45) is 2.88. The maximum atomic E-state index is 10.8. The molecule has 104 valence electrons. The van der Waals surface area contributed by atoms with E-state index in [0.717, 1.165) is 30.0 Å². The highest BCUT2D eigenvalue weighted by atomic mass is 32.2. The fourth-order valence-corrected chi connectivity index (χ4v) is 2.91. The molecule has 1 amide bonds. The Labute approximate surface area is 118 Å². The van der Waals surface area contributed by atoms with Crippen LogP contribution < -0.4 is 11.1 Å². The third kappa shape index (κ3) is 4.44. The Bertz CT molecular complexity index is 439. The number of primary amides is 1. The number of carbonyl (C=O) groups is 1. The van der Waals surface area contributed by atoms with Crippen LogP contribution in [0.3, 0.4) is 0 Å². The molecule has 2 rings (SSSR count). The molecule has 1 aromatic rings. The first-order valence-electron chi connectivity index (χ1n) is 6.54. The van der Waals surface area contributed by atoms with Crippen molar-refractivity contribution in [3.8, 4) is 0 Å². The van der Waals surface area contributed by atoms with E-state index in [9.17, 15) is 4.79 Å². The molecule has 0 saturated carbocycles. The fourth-order valence-electron chi connectivity index (χ4n) is 2.15. The van der Waals surface area contributed by atoms with E-state index in [1.807, 2.05) is 24.3 Å². The molecule has 2 unspecified atom stereocenters. The lowest BCUT2D eigenvalue weighted by molar-refractivity contribution is -0.115. The topological polar surface area (TPSA) is 64.3 Å². The zero-order valence-electron chi connectivity index (χ0n) is 11.1. The molecule has 4 nitrogen and oxygen atoms in total. The van der Waals surface area contributed by atoms with Gasteiger partial charge in [-0.1, -0.05) is 12.1 Å². The minimum atomic E-state index is -0.298. The van der Waals surface area contributed by atoms with Crippen LogP contribution in [0.2, 0.25) is 0 Å². The SMILES string of the molecule is CC1CCC(CNc2ccccc2SCC(N)=O)O1. The molecule has 5 heteroatoms. The molecule has 3 N–H and O–H groups in total. The molecular formula is C14H20N2O2S. The molecule has 0 aromatic heterocycles. The average molecular weight is 280 g/mol. The van der Waals surface area contributed by atoms with E-state index in [1.165, 1.54) is 11.8 Å². The molecule has 1 saturated heterocycles. The van der Waals surface area contributed by atoms with Gasteiger partial charge in [0, 0.05) is 17.1 Å². The normalized spacial score (nSPS) is 22.4. The van der Waals surface area contributed by atoms with Crippen molar-refractivity contribution in [1.29, 1.82) is 0 Å². The molecule has 1 heterocycles. The summed E-state index contributed by atoms with van der Waals surface area (Å²) in [5.74, 6) is 0.00287. The molecular weight excluding hydrogens is 260 g/mol. The van der Waals surface area contributed by atoms with Crippen LogP contribution in [0, 0.1) is 0 Å². The molecule has 0 bridgehead atoms. The molecule has 19 heavy (non-hydrogen) atoms. The highest BCUT2D eigenvalue weighted by Gasteiger charge is 2.21. The van der Waals surface area contributed by atoms with E-state index in [4.69, 9.17) is 10.5 Å². The van der Waals surface area contributed by atoms with Crippen LogP contribution in [-0.2, 0) is 9.53 Å². The van der Waals surface area contributed by atoms with Crippen molar-refractivity contribution in [3.63, 3.8) is 0 Å². The quantitative estimate of drug-likeness (QED) is 0.784. The lowest BCUT2D eigenvalue weighted by Gasteiger charge is -2.15. The summed E-state index contributed by atoms with van der Waals surface area (Å²) in [4.78, 5) is 11.9. The predicted molar refractivity (Wildman–Crippen MR) is 78.4 cm³/mol. The predicted octanol–water partition coefficient (Wildman–Crippen LogP) is 2.24. The first-order chi connectivity index (χ1) is 9.15. The third-order valence-electron chi connectivity index (χ3n) is 3.10. The summed E-state index contributed by atoms with van der Waals surface area (Å²) in [7, 11) is 0. The van der Waals surface area contributed by atoms with Crippen molar-refractivity contribution in [2.75, 3.05) is 17.6 Å². The van der Waals surface area contributed by atoms with E-state index in [0.29, 0.717) is 11.9 Å². The number of nitrogens with two attached hydrogens (primary N) is 1. The lowest BCUT2D eigenvalue weighted by Crippen LogP contribution is -2.20. The van der Waals surface area contributed by atoms with Gasteiger partial charge in [-0.2, -0.15) is 0 Å². The van der Waals surface area contributed by atoms with Crippen molar-refractivity contribution in [3.05, 3.63) is 24.3 Å². The zero-order chi connectivity index (χ0) is 13.7. The fraction of sp³-hybridized carbons (Fsp3) is 0.500. The smallest absolute Gasteiger partial charge is 0.227 e. The first-order valence-corrected chi connectivity index (χ1v) is 7.53. The van der Waals surface area contributed by atoms with Gasteiger partial charge in [0.1, 0.15) is 0 Å². The number of nitrogens with one attached hydrogen (secondary N) is 1. The van der Waals surface area contributed by atoms with Crippen LogP contribution in [-0.4, -0.2) is 30.4 Å². The number of amides is 1. The summed E-state index contributed by atoms with van der Waals surface area (Å²) in [5, 5.41) is 3.40.